The molecule has 2 rings (SSSR count). The topological polar surface area (TPSA) is 58.1 Å². The number of benzene rings is 1. The molecule has 0 saturated carbocycles. The first-order chi connectivity index (χ1) is 12.1. The van der Waals surface area contributed by atoms with Gasteiger partial charge in [-0.25, -0.2) is 0 Å². The van der Waals surface area contributed by atoms with Gasteiger partial charge in [0.2, 0.25) is 5.18 Å². The molecule has 2 unspecified atom stereocenters. The van der Waals surface area contributed by atoms with Gasteiger partial charge in [-0.15, -0.1) is 0 Å². The van der Waals surface area contributed by atoms with Gasteiger partial charge in [-0.2, -0.15) is 4.79 Å². The molecule has 0 bridgehead atoms. The van der Waals surface area contributed by atoms with E-state index < -0.39 is 5.18 Å². The normalized spacial score (nSPS) is 21.0. The van der Waals surface area contributed by atoms with Crippen LogP contribution in [0.1, 0.15) is 46.0 Å². The molecule has 0 spiro atoms. The Kier molecular flexibility index (Phi) is 16.7. The predicted molar refractivity (Wildman–Crippen MR) is 101 cm³/mol. The minimum atomic E-state index is -1.07. The van der Waals surface area contributed by atoms with Crippen LogP contribution >= 0.6 is 11.6 Å². The fourth-order valence-corrected chi connectivity index (χ4v) is 3.25. The van der Waals surface area contributed by atoms with Gasteiger partial charge in [0.1, 0.15) is 6.42 Å². The summed E-state index contributed by atoms with van der Waals surface area (Å²) in [5.41, 5.74) is 11.0. The number of ether oxygens (including phenoxy) is 2. The smallest absolute Gasteiger partial charge is 1.00 e. The molecule has 0 aliphatic carbocycles. The molecule has 1 heterocycles. The summed E-state index contributed by atoms with van der Waals surface area (Å²) in [7, 11) is 0. The van der Waals surface area contributed by atoms with Crippen molar-refractivity contribution in [1.82, 2.24) is 0 Å². The number of alkyl halides is 1. The number of halogens is 3. The van der Waals surface area contributed by atoms with E-state index in [1.807, 2.05) is 35.2 Å². The summed E-state index contributed by atoms with van der Waals surface area (Å²) in [5.74, 6) is 0. The van der Waals surface area contributed by atoms with Crippen molar-refractivity contribution in [3.63, 3.8) is 0 Å². The Labute approximate surface area is 198 Å². The Hall–Kier alpha value is -0.187. The van der Waals surface area contributed by atoms with Gasteiger partial charge in [0.05, 0.1) is 13.2 Å². The monoisotopic (exact) mass is 499 g/mol. The third-order valence-corrected chi connectivity index (χ3v) is 4.80. The number of nitrogens with zero attached hydrogens (tertiary/aromatic N) is 3. The molecule has 1 aliphatic heterocycles. The van der Waals surface area contributed by atoms with E-state index in [9.17, 15) is 5.53 Å². The Morgan fingerprint density at radius 2 is 1.75 bits per heavy atom. The second kappa shape index (κ2) is 15.6. The van der Waals surface area contributed by atoms with Crippen molar-refractivity contribution in [2.24, 2.45) is 0 Å². The van der Waals surface area contributed by atoms with E-state index in [2.05, 4.69) is 18.6 Å². The Balaban J connectivity index is 0. The number of hydrogen-bond donors (Lipinski definition) is 0. The van der Waals surface area contributed by atoms with Gasteiger partial charge in [-0.05, 0) is 25.0 Å². The van der Waals surface area contributed by atoms with Crippen LogP contribution in [0.3, 0.4) is 0 Å². The number of anilines is 1. The van der Waals surface area contributed by atoms with E-state index in [-0.39, 0.29) is 50.4 Å². The SMILES string of the molecule is CCCCOC1CN(c2ccccc2)C(Cl)(OCCCC)CC1=[N+]=[N-].[Cl-].[Cl-].[Zn+2]. The van der Waals surface area contributed by atoms with Crippen LogP contribution in [0.25, 0.3) is 5.53 Å². The first-order valence-electron chi connectivity index (χ1n) is 9.12. The maximum Gasteiger partial charge on any atom is 2.00 e. The minimum Gasteiger partial charge on any atom is -1.00 e. The summed E-state index contributed by atoms with van der Waals surface area (Å²) in [6, 6.07) is 9.93. The molecule has 1 saturated heterocycles. The van der Waals surface area contributed by atoms with E-state index >= 15 is 0 Å². The van der Waals surface area contributed by atoms with E-state index in [4.69, 9.17) is 21.1 Å². The maximum absolute atomic E-state index is 9.45. The largest absolute Gasteiger partial charge is 2.00 e. The molecule has 1 aromatic rings. The summed E-state index contributed by atoms with van der Waals surface area (Å²) >= 11 is 6.87. The van der Waals surface area contributed by atoms with Crippen molar-refractivity contribution in [3.05, 3.63) is 35.9 Å². The Bertz CT molecular complexity index is 591. The van der Waals surface area contributed by atoms with Crippen molar-refractivity contribution in [2.75, 3.05) is 24.7 Å². The molecule has 1 aliphatic rings. The molecule has 0 aromatic heterocycles. The standard InChI is InChI=1S/C19H28ClN3O2.2ClH.Zn/c1-3-5-12-24-18-15-23(16-10-8-7-9-11-16)19(20,14-17(18)22-21)25-13-6-4-2;;;/h7-11,18H,3-6,12-15H2,1-2H3;2*1H;/q;;;+2/p-2. The zero-order chi connectivity index (χ0) is 18.1. The molecule has 2 atom stereocenters. The second-order valence-corrected chi connectivity index (χ2v) is 6.91. The van der Waals surface area contributed by atoms with Crippen molar-refractivity contribution in [3.8, 4) is 0 Å². The molecule has 1 aromatic carbocycles. The molecule has 0 N–H and O–H groups in total. The summed E-state index contributed by atoms with van der Waals surface area (Å²) in [6.45, 7) is 5.91. The van der Waals surface area contributed by atoms with Crippen molar-refractivity contribution < 1.29 is 58.6 Å². The molecular weight excluding hydrogens is 474 g/mol. The quantitative estimate of drug-likeness (QED) is 0.103. The fourth-order valence-electron chi connectivity index (χ4n) is 2.87. The molecule has 154 valence electrons. The summed E-state index contributed by atoms with van der Waals surface area (Å²) in [6.07, 6.45) is 3.99. The van der Waals surface area contributed by atoms with E-state index in [0.29, 0.717) is 31.9 Å². The first kappa shape index (κ1) is 30.0. The minimum absolute atomic E-state index is 0. The van der Waals surface area contributed by atoms with E-state index in [1.54, 1.807) is 0 Å². The van der Waals surface area contributed by atoms with Gasteiger partial charge >= 0.3 is 25.2 Å². The van der Waals surface area contributed by atoms with Crippen LogP contribution in [-0.4, -0.2) is 41.5 Å². The predicted octanol–water partition coefficient (Wildman–Crippen LogP) is -1.53. The molecular formula is C19H28Cl3N3O2Zn. The molecule has 0 amide bonds. The van der Waals surface area contributed by atoms with Crippen molar-refractivity contribution >= 4 is 23.0 Å². The van der Waals surface area contributed by atoms with Crippen LogP contribution in [-0.2, 0) is 29.0 Å². The molecule has 1 fully saturated rings. The van der Waals surface area contributed by atoms with Crippen molar-refractivity contribution in [2.45, 2.75) is 57.2 Å². The summed E-state index contributed by atoms with van der Waals surface area (Å²) in [5, 5.41) is -1.07. The van der Waals surface area contributed by atoms with Gasteiger partial charge in [0.25, 0.3) is 0 Å². The van der Waals surface area contributed by atoms with Gasteiger partial charge in [0, 0.05) is 12.3 Å². The number of hydrogen-bond acceptors (Lipinski definition) is 3. The molecule has 0 radical (unpaired) electrons. The number of rotatable bonds is 9. The third kappa shape index (κ3) is 8.28. The number of para-hydroxylation sites is 1. The Morgan fingerprint density at radius 1 is 1.14 bits per heavy atom. The summed E-state index contributed by atoms with van der Waals surface area (Å²) in [4.78, 5) is 5.47. The van der Waals surface area contributed by atoms with Crippen molar-refractivity contribution in [1.29, 1.82) is 0 Å². The average Bonchev–Trinajstić information content (AvgIpc) is 2.63. The first-order valence-corrected chi connectivity index (χ1v) is 9.50. The van der Waals surface area contributed by atoms with Crippen LogP contribution in [0.15, 0.2) is 30.3 Å². The van der Waals surface area contributed by atoms with Gasteiger partial charge in [0.15, 0.2) is 6.10 Å². The van der Waals surface area contributed by atoms with Gasteiger partial charge < -0.3 is 44.7 Å². The van der Waals surface area contributed by atoms with E-state index in [1.165, 1.54) is 0 Å². The second-order valence-electron chi connectivity index (χ2n) is 6.32. The average molecular weight is 502 g/mol. The zero-order valence-corrected chi connectivity index (χ0v) is 21.9. The Morgan fingerprint density at radius 3 is 2.32 bits per heavy atom. The number of unbranched alkanes of at least 4 members (excludes halogenated alkanes) is 2. The van der Waals surface area contributed by atoms with Gasteiger partial charge in [-0.1, -0.05) is 56.5 Å². The molecule has 9 heteroatoms. The van der Waals surface area contributed by atoms with Crippen LogP contribution in [0.4, 0.5) is 5.69 Å². The molecule has 5 nitrogen and oxygen atoms in total. The summed E-state index contributed by atoms with van der Waals surface area (Å²) < 4.78 is 12.0. The maximum atomic E-state index is 9.45. The molecule has 28 heavy (non-hydrogen) atoms. The van der Waals surface area contributed by atoms with Crippen LogP contribution in [0.5, 0.6) is 0 Å². The fraction of sp³-hybridized carbons (Fsp3) is 0.632. The zero-order valence-electron chi connectivity index (χ0n) is 16.6. The van der Waals surface area contributed by atoms with Crippen LogP contribution < -0.4 is 29.7 Å². The van der Waals surface area contributed by atoms with E-state index in [0.717, 1.165) is 31.4 Å². The third-order valence-electron chi connectivity index (χ3n) is 4.36. The van der Waals surface area contributed by atoms with Gasteiger partial charge in [-0.3, -0.25) is 0 Å². The number of piperidine rings is 1. The van der Waals surface area contributed by atoms with Crippen LogP contribution in [0.2, 0.25) is 0 Å². The van der Waals surface area contributed by atoms with Crippen LogP contribution in [0, 0.1) is 0 Å².